The second kappa shape index (κ2) is 5.47. The summed E-state index contributed by atoms with van der Waals surface area (Å²) in [6.45, 7) is 6.26. The molecule has 2 N–H and O–H groups in total. The maximum atomic E-state index is 11.9. The van der Waals surface area contributed by atoms with Gasteiger partial charge in [0.15, 0.2) is 0 Å². The van der Waals surface area contributed by atoms with E-state index in [1.54, 1.807) is 4.90 Å². The highest BCUT2D eigenvalue weighted by Crippen LogP contribution is 2.08. The second-order valence-corrected chi connectivity index (χ2v) is 4.94. The number of nitrogens with zero attached hydrogens (tertiary/aromatic N) is 1. The number of carbonyl (C=O) groups excluding carboxylic acids is 1. The summed E-state index contributed by atoms with van der Waals surface area (Å²) in [5, 5.41) is 6.61. The molecule has 1 fully saturated rings. The molecule has 0 saturated carbocycles. The van der Waals surface area contributed by atoms with Crippen LogP contribution in [-0.4, -0.2) is 50.1 Å². The molecule has 88 valence electrons. The van der Waals surface area contributed by atoms with Gasteiger partial charge in [-0.25, -0.2) is 0 Å². The molecule has 0 radical (unpaired) electrons. The lowest BCUT2D eigenvalue weighted by Gasteiger charge is -2.33. The van der Waals surface area contributed by atoms with Crippen LogP contribution in [-0.2, 0) is 4.79 Å². The zero-order valence-electron chi connectivity index (χ0n) is 10.2. The van der Waals surface area contributed by atoms with E-state index in [4.69, 9.17) is 0 Å². The Bertz CT molecular complexity index is 212. The van der Waals surface area contributed by atoms with Crippen LogP contribution in [0.5, 0.6) is 0 Å². The molecule has 1 saturated heterocycles. The van der Waals surface area contributed by atoms with E-state index < -0.39 is 0 Å². The van der Waals surface area contributed by atoms with Gasteiger partial charge in [0, 0.05) is 33.2 Å². The molecule has 1 aliphatic heterocycles. The predicted octanol–water partition coefficient (Wildman–Crippen LogP) is 0.0507. The number of hydrogen-bond donors (Lipinski definition) is 2. The van der Waals surface area contributed by atoms with Gasteiger partial charge in [-0.2, -0.15) is 0 Å². The van der Waals surface area contributed by atoms with Crippen molar-refractivity contribution in [1.29, 1.82) is 0 Å². The van der Waals surface area contributed by atoms with Gasteiger partial charge in [0.2, 0.25) is 5.91 Å². The van der Waals surface area contributed by atoms with E-state index >= 15 is 0 Å². The Labute approximate surface area is 92.4 Å². The first-order valence-corrected chi connectivity index (χ1v) is 5.68. The fourth-order valence-electron chi connectivity index (χ4n) is 1.71. The van der Waals surface area contributed by atoms with Crippen LogP contribution in [0.2, 0.25) is 0 Å². The Morgan fingerprint density at radius 3 is 2.40 bits per heavy atom. The molecule has 0 bridgehead atoms. The molecule has 1 atom stereocenters. The van der Waals surface area contributed by atoms with Crippen LogP contribution in [0.25, 0.3) is 0 Å². The van der Waals surface area contributed by atoms with Gasteiger partial charge in [0.1, 0.15) is 0 Å². The molecule has 4 heteroatoms. The van der Waals surface area contributed by atoms with E-state index in [-0.39, 0.29) is 11.9 Å². The third-order valence-electron chi connectivity index (χ3n) is 2.66. The zero-order chi connectivity index (χ0) is 11.4. The Morgan fingerprint density at radius 2 is 2.07 bits per heavy atom. The summed E-state index contributed by atoms with van der Waals surface area (Å²) in [7, 11) is 3.63. The minimum atomic E-state index is -0.0212. The molecule has 1 aliphatic rings. The summed E-state index contributed by atoms with van der Waals surface area (Å²) in [6.07, 6.45) is 0.910. The molecule has 1 amide bonds. The number of likely N-dealkylation sites (N-methyl/N-ethyl adjacent to an activating group) is 1. The Hall–Kier alpha value is -0.610. The molecule has 1 unspecified atom stereocenters. The van der Waals surface area contributed by atoms with Crippen molar-refractivity contribution in [2.75, 3.05) is 27.2 Å². The maximum absolute atomic E-state index is 11.9. The summed E-state index contributed by atoms with van der Waals surface area (Å²) < 4.78 is 0. The molecule has 0 aromatic carbocycles. The molecule has 0 aromatic rings. The third-order valence-corrected chi connectivity index (χ3v) is 2.66. The van der Waals surface area contributed by atoms with Gasteiger partial charge in [-0.3, -0.25) is 4.79 Å². The van der Waals surface area contributed by atoms with E-state index in [1.165, 1.54) is 0 Å². The average Bonchev–Trinajstić information content (AvgIpc) is 2.07. The maximum Gasteiger partial charge on any atom is 0.239 e. The number of nitrogens with one attached hydrogen (secondary N) is 2. The standard InChI is InChI=1S/C11H23N3O/c1-8(2)5-10(11(15)14(3)4)13-9-6-12-7-9/h8-10,12-13H,5-7H2,1-4H3. The second-order valence-electron chi connectivity index (χ2n) is 4.94. The lowest BCUT2D eigenvalue weighted by atomic mass is 10.0. The highest BCUT2D eigenvalue weighted by molar-refractivity contribution is 5.81. The molecule has 15 heavy (non-hydrogen) atoms. The van der Waals surface area contributed by atoms with Crippen molar-refractivity contribution >= 4 is 5.91 Å². The van der Waals surface area contributed by atoms with E-state index in [2.05, 4.69) is 24.5 Å². The Balaban J connectivity index is 2.47. The highest BCUT2D eigenvalue weighted by atomic mass is 16.2. The van der Waals surface area contributed by atoms with Crippen molar-refractivity contribution in [3.05, 3.63) is 0 Å². The van der Waals surface area contributed by atoms with Gasteiger partial charge in [-0.05, 0) is 12.3 Å². The predicted molar refractivity (Wildman–Crippen MR) is 61.7 cm³/mol. The fraction of sp³-hybridized carbons (Fsp3) is 0.909. The van der Waals surface area contributed by atoms with Gasteiger partial charge in [0.25, 0.3) is 0 Å². The topological polar surface area (TPSA) is 44.4 Å². The summed E-state index contributed by atoms with van der Waals surface area (Å²) in [5.41, 5.74) is 0. The molecule has 1 heterocycles. The minimum Gasteiger partial charge on any atom is -0.347 e. The number of carbonyl (C=O) groups is 1. The van der Waals surface area contributed by atoms with Crippen molar-refractivity contribution in [3.8, 4) is 0 Å². The SMILES string of the molecule is CC(C)CC(NC1CNC1)C(=O)N(C)C. The van der Waals surface area contributed by atoms with Crippen molar-refractivity contribution in [2.45, 2.75) is 32.4 Å². The summed E-state index contributed by atoms with van der Waals surface area (Å²) in [6, 6.07) is 0.449. The number of amides is 1. The molecule has 0 spiro atoms. The number of hydrogen-bond acceptors (Lipinski definition) is 3. The van der Waals surface area contributed by atoms with Crippen LogP contribution in [0.4, 0.5) is 0 Å². The molecular weight excluding hydrogens is 190 g/mol. The van der Waals surface area contributed by atoms with Crippen LogP contribution in [0.1, 0.15) is 20.3 Å². The average molecular weight is 213 g/mol. The van der Waals surface area contributed by atoms with Crippen molar-refractivity contribution in [2.24, 2.45) is 5.92 Å². The van der Waals surface area contributed by atoms with Crippen LogP contribution in [0.3, 0.4) is 0 Å². The quantitative estimate of drug-likeness (QED) is 0.678. The van der Waals surface area contributed by atoms with Crippen molar-refractivity contribution in [3.63, 3.8) is 0 Å². The molecule has 0 aromatic heterocycles. The van der Waals surface area contributed by atoms with Crippen LogP contribution in [0, 0.1) is 5.92 Å². The summed E-state index contributed by atoms with van der Waals surface area (Å²) in [5.74, 6) is 0.732. The molecule has 1 rings (SSSR count). The van der Waals surface area contributed by atoms with Gasteiger partial charge in [-0.1, -0.05) is 13.8 Å². The largest absolute Gasteiger partial charge is 0.347 e. The lowest BCUT2D eigenvalue weighted by molar-refractivity contribution is -0.131. The van der Waals surface area contributed by atoms with E-state index in [1.807, 2.05) is 14.1 Å². The summed E-state index contributed by atoms with van der Waals surface area (Å²) >= 11 is 0. The lowest BCUT2D eigenvalue weighted by Crippen LogP contribution is -2.60. The molecule has 0 aliphatic carbocycles. The smallest absolute Gasteiger partial charge is 0.239 e. The monoisotopic (exact) mass is 213 g/mol. The van der Waals surface area contributed by atoms with Gasteiger partial charge < -0.3 is 15.5 Å². The van der Waals surface area contributed by atoms with Crippen LogP contribution in [0.15, 0.2) is 0 Å². The minimum absolute atomic E-state index is 0.0212. The first-order chi connectivity index (χ1) is 7.00. The van der Waals surface area contributed by atoms with Gasteiger partial charge in [0.05, 0.1) is 6.04 Å². The zero-order valence-corrected chi connectivity index (χ0v) is 10.2. The summed E-state index contributed by atoms with van der Waals surface area (Å²) in [4.78, 5) is 13.6. The first kappa shape index (κ1) is 12.5. The van der Waals surface area contributed by atoms with Gasteiger partial charge >= 0.3 is 0 Å². The van der Waals surface area contributed by atoms with Crippen molar-refractivity contribution < 1.29 is 4.79 Å². The Morgan fingerprint density at radius 1 is 1.47 bits per heavy atom. The molecule has 4 nitrogen and oxygen atoms in total. The van der Waals surface area contributed by atoms with E-state index in [9.17, 15) is 4.79 Å². The van der Waals surface area contributed by atoms with E-state index in [0.29, 0.717) is 12.0 Å². The molecular formula is C11H23N3O. The van der Waals surface area contributed by atoms with Crippen LogP contribution < -0.4 is 10.6 Å². The first-order valence-electron chi connectivity index (χ1n) is 5.68. The number of rotatable bonds is 5. The highest BCUT2D eigenvalue weighted by Gasteiger charge is 2.26. The normalized spacial score (nSPS) is 18.7. The van der Waals surface area contributed by atoms with Crippen molar-refractivity contribution in [1.82, 2.24) is 15.5 Å². The fourth-order valence-corrected chi connectivity index (χ4v) is 1.71. The third kappa shape index (κ3) is 3.80. The van der Waals surface area contributed by atoms with Gasteiger partial charge in [-0.15, -0.1) is 0 Å². The van der Waals surface area contributed by atoms with Crippen LogP contribution >= 0.6 is 0 Å². The Kier molecular flexibility index (Phi) is 4.54. The van der Waals surface area contributed by atoms with E-state index in [0.717, 1.165) is 19.5 Å².